The standard InChI is InChI=1S/C16H28N4/c1-18-7-9-20(10-8-18)16-12-13(3-5-17)11-15-14(16)4-6-19(15)2/h4,6,13,16H,3,5,7-12,17H2,1-2H3. The van der Waals surface area contributed by atoms with Gasteiger partial charge in [0.1, 0.15) is 0 Å². The summed E-state index contributed by atoms with van der Waals surface area (Å²) in [6.07, 6.45) is 5.89. The molecule has 1 fully saturated rings. The number of aryl methyl sites for hydroxylation is 1. The van der Waals surface area contributed by atoms with Gasteiger partial charge in [-0.3, -0.25) is 4.90 Å². The van der Waals surface area contributed by atoms with Gasteiger partial charge < -0.3 is 15.2 Å². The Hall–Kier alpha value is -0.840. The summed E-state index contributed by atoms with van der Waals surface area (Å²) < 4.78 is 2.32. The number of hydrogen-bond donors (Lipinski definition) is 1. The number of likely N-dealkylation sites (N-methyl/N-ethyl adjacent to an activating group) is 1. The molecular formula is C16H28N4. The van der Waals surface area contributed by atoms with Gasteiger partial charge in [-0.05, 0) is 50.4 Å². The van der Waals surface area contributed by atoms with Crippen molar-refractivity contribution in [1.82, 2.24) is 14.4 Å². The maximum atomic E-state index is 5.81. The molecule has 0 bridgehead atoms. The van der Waals surface area contributed by atoms with E-state index in [0.717, 1.165) is 18.9 Å². The van der Waals surface area contributed by atoms with Crippen molar-refractivity contribution in [2.45, 2.75) is 25.3 Å². The van der Waals surface area contributed by atoms with Crippen molar-refractivity contribution in [3.63, 3.8) is 0 Å². The summed E-state index contributed by atoms with van der Waals surface area (Å²) in [6.45, 7) is 5.61. The van der Waals surface area contributed by atoms with Crippen LogP contribution in [0, 0.1) is 5.92 Å². The first-order chi connectivity index (χ1) is 9.69. The first kappa shape index (κ1) is 14.1. The lowest BCUT2D eigenvalue weighted by molar-refractivity contribution is 0.0906. The molecule has 4 heteroatoms. The molecule has 1 aliphatic heterocycles. The van der Waals surface area contributed by atoms with Gasteiger partial charge in [-0.15, -0.1) is 0 Å². The second-order valence-corrected chi connectivity index (χ2v) is 6.57. The molecule has 1 saturated heterocycles. The van der Waals surface area contributed by atoms with Crippen LogP contribution >= 0.6 is 0 Å². The Morgan fingerprint density at radius 2 is 1.95 bits per heavy atom. The molecule has 2 heterocycles. The molecule has 2 N–H and O–H groups in total. The van der Waals surface area contributed by atoms with Crippen molar-refractivity contribution in [1.29, 1.82) is 0 Å². The Balaban J connectivity index is 1.81. The molecule has 1 aromatic heterocycles. The Bertz CT molecular complexity index is 445. The van der Waals surface area contributed by atoms with E-state index >= 15 is 0 Å². The normalized spacial score (nSPS) is 28.6. The molecule has 1 aromatic rings. The van der Waals surface area contributed by atoms with Crippen molar-refractivity contribution >= 4 is 0 Å². The summed E-state index contributed by atoms with van der Waals surface area (Å²) in [4.78, 5) is 5.13. The number of fused-ring (bicyclic) bond motifs is 1. The largest absolute Gasteiger partial charge is 0.354 e. The van der Waals surface area contributed by atoms with Gasteiger partial charge >= 0.3 is 0 Å². The van der Waals surface area contributed by atoms with E-state index in [0.29, 0.717) is 6.04 Å². The fourth-order valence-electron chi connectivity index (χ4n) is 3.88. The van der Waals surface area contributed by atoms with Crippen LogP contribution in [-0.2, 0) is 13.5 Å². The number of rotatable bonds is 3. The zero-order valence-corrected chi connectivity index (χ0v) is 12.9. The molecule has 0 saturated carbocycles. The van der Waals surface area contributed by atoms with E-state index in [1.54, 1.807) is 11.3 Å². The molecule has 4 nitrogen and oxygen atoms in total. The number of nitrogens with two attached hydrogens (primary N) is 1. The molecular weight excluding hydrogens is 248 g/mol. The van der Waals surface area contributed by atoms with E-state index in [4.69, 9.17) is 5.73 Å². The maximum absolute atomic E-state index is 5.81. The summed E-state index contributed by atoms with van der Waals surface area (Å²) in [7, 11) is 4.41. The fraction of sp³-hybridized carbons (Fsp3) is 0.750. The molecule has 0 radical (unpaired) electrons. The Morgan fingerprint density at radius 3 is 2.65 bits per heavy atom. The van der Waals surface area contributed by atoms with Gasteiger partial charge in [-0.2, -0.15) is 0 Å². The lowest BCUT2D eigenvalue weighted by atomic mass is 9.81. The molecule has 1 aliphatic carbocycles. The van der Waals surface area contributed by atoms with Crippen molar-refractivity contribution < 1.29 is 0 Å². The molecule has 2 atom stereocenters. The lowest BCUT2D eigenvalue weighted by Crippen LogP contribution is -2.47. The van der Waals surface area contributed by atoms with Crippen LogP contribution < -0.4 is 5.73 Å². The molecule has 112 valence electrons. The lowest BCUT2D eigenvalue weighted by Gasteiger charge is -2.42. The third kappa shape index (κ3) is 2.65. The van der Waals surface area contributed by atoms with Crippen LogP contribution in [0.2, 0.25) is 0 Å². The summed E-state index contributed by atoms with van der Waals surface area (Å²) in [6, 6.07) is 2.96. The Kier molecular flexibility index (Phi) is 4.15. The minimum Gasteiger partial charge on any atom is -0.354 e. The summed E-state index contributed by atoms with van der Waals surface area (Å²) in [5.74, 6) is 0.755. The second kappa shape index (κ2) is 5.88. The molecule has 2 unspecified atom stereocenters. The van der Waals surface area contributed by atoms with Gasteiger partial charge in [0.05, 0.1) is 0 Å². The average Bonchev–Trinajstić information content (AvgIpc) is 2.81. The fourth-order valence-corrected chi connectivity index (χ4v) is 3.88. The van der Waals surface area contributed by atoms with Gasteiger partial charge in [0.2, 0.25) is 0 Å². The van der Waals surface area contributed by atoms with Crippen molar-refractivity contribution in [2.75, 3.05) is 39.8 Å². The predicted octanol–water partition coefficient (Wildman–Crippen LogP) is 1.22. The Morgan fingerprint density at radius 1 is 1.20 bits per heavy atom. The smallest absolute Gasteiger partial charge is 0.0369 e. The summed E-state index contributed by atoms with van der Waals surface area (Å²) in [5.41, 5.74) is 8.92. The third-order valence-corrected chi connectivity index (χ3v) is 5.19. The quantitative estimate of drug-likeness (QED) is 0.902. The first-order valence-electron chi connectivity index (χ1n) is 7.95. The summed E-state index contributed by atoms with van der Waals surface area (Å²) >= 11 is 0. The van der Waals surface area contributed by atoms with Gasteiger partial charge in [0.15, 0.2) is 0 Å². The molecule has 0 amide bonds. The number of piperazine rings is 1. The number of hydrogen-bond acceptors (Lipinski definition) is 3. The van der Waals surface area contributed by atoms with Crippen molar-refractivity contribution in [3.8, 4) is 0 Å². The van der Waals surface area contributed by atoms with Crippen molar-refractivity contribution in [3.05, 3.63) is 23.5 Å². The van der Waals surface area contributed by atoms with E-state index in [-0.39, 0.29) is 0 Å². The van der Waals surface area contributed by atoms with Crippen LogP contribution in [0.5, 0.6) is 0 Å². The maximum Gasteiger partial charge on any atom is 0.0369 e. The molecule has 2 aliphatic rings. The summed E-state index contributed by atoms with van der Waals surface area (Å²) in [5, 5.41) is 0. The van der Waals surface area contributed by atoms with Gasteiger partial charge in [0.25, 0.3) is 0 Å². The topological polar surface area (TPSA) is 37.4 Å². The minimum atomic E-state index is 0.616. The number of aromatic nitrogens is 1. The van der Waals surface area contributed by atoms with E-state index in [1.165, 1.54) is 39.0 Å². The molecule has 0 spiro atoms. The van der Waals surface area contributed by atoms with Gasteiger partial charge in [-0.1, -0.05) is 0 Å². The van der Waals surface area contributed by atoms with Crippen LogP contribution in [0.3, 0.4) is 0 Å². The highest BCUT2D eigenvalue weighted by Gasteiger charge is 2.33. The average molecular weight is 276 g/mol. The molecule has 0 aromatic carbocycles. The third-order valence-electron chi connectivity index (χ3n) is 5.19. The van der Waals surface area contributed by atoms with Crippen LogP contribution in [0.25, 0.3) is 0 Å². The van der Waals surface area contributed by atoms with Gasteiger partial charge in [-0.25, -0.2) is 0 Å². The zero-order valence-electron chi connectivity index (χ0n) is 12.9. The highest BCUT2D eigenvalue weighted by Crippen LogP contribution is 2.39. The van der Waals surface area contributed by atoms with Gasteiger partial charge in [0, 0.05) is 51.2 Å². The highest BCUT2D eigenvalue weighted by atomic mass is 15.3. The number of nitrogens with zero attached hydrogens (tertiary/aromatic N) is 3. The van der Waals surface area contributed by atoms with Crippen molar-refractivity contribution in [2.24, 2.45) is 18.7 Å². The SMILES string of the molecule is CN1CCN(C2CC(CCN)Cc3c2ccn3C)CC1. The first-order valence-corrected chi connectivity index (χ1v) is 7.95. The molecule has 20 heavy (non-hydrogen) atoms. The minimum absolute atomic E-state index is 0.616. The van der Waals surface area contributed by atoms with Crippen LogP contribution in [0.15, 0.2) is 12.3 Å². The highest BCUT2D eigenvalue weighted by molar-refractivity contribution is 5.29. The van der Waals surface area contributed by atoms with E-state index in [2.05, 4.69) is 40.7 Å². The van der Waals surface area contributed by atoms with E-state index in [9.17, 15) is 0 Å². The monoisotopic (exact) mass is 276 g/mol. The van der Waals surface area contributed by atoms with E-state index in [1.807, 2.05) is 0 Å². The Labute approximate surface area is 122 Å². The van der Waals surface area contributed by atoms with Crippen LogP contribution in [-0.4, -0.2) is 54.1 Å². The van der Waals surface area contributed by atoms with E-state index < -0.39 is 0 Å². The van der Waals surface area contributed by atoms with Crippen LogP contribution in [0.1, 0.15) is 30.1 Å². The van der Waals surface area contributed by atoms with Crippen LogP contribution in [0.4, 0.5) is 0 Å². The molecule has 3 rings (SSSR count). The predicted molar refractivity (Wildman–Crippen MR) is 82.7 cm³/mol. The zero-order chi connectivity index (χ0) is 14.1. The second-order valence-electron chi connectivity index (χ2n) is 6.57.